The van der Waals surface area contributed by atoms with Gasteiger partial charge in [0.05, 0.1) is 6.61 Å². The summed E-state index contributed by atoms with van der Waals surface area (Å²) in [4.78, 5) is 0. The van der Waals surface area contributed by atoms with E-state index in [4.69, 9.17) is 4.74 Å². The van der Waals surface area contributed by atoms with Gasteiger partial charge in [-0.2, -0.15) is 0 Å². The average molecular weight is 180 g/mol. The summed E-state index contributed by atoms with van der Waals surface area (Å²) in [5.41, 5.74) is 1.15. The summed E-state index contributed by atoms with van der Waals surface area (Å²) in [7, 11) is 0. The Hall–Kier alpha value is -1.05. The van der Waals surface area contributed by atoms with E-state index in [0.717, 1.165) is 11.3 Å². The summed E-state index contributed by atoms with van der Waals surface area (Å²) < 4.78 is 18.2. The highest BCUT2D eigenvalue weighted by Gasteiger charge is 2.26. The summed E-state index contributed by atoms with van der Waals surface area (Å²) in [6.07, 6.45) is 0. The minimum absolute atomic E-state index is 0.219. The molecule has 70 valence electrons. The van der Waals surface area contributed by atoms with E-state index < -0.39 is 0 Å². The first-order valence-electron chi connectivity index (χ1n) is 4.60. The predicted molar refractivity (Wildman–Crippen MR) is 49.5 cm³/mol. The lowest BCUT2D eigenvalue weighted by Gasteiger charge is -2.11. The summed E-state index contributed by atoms with van der Waals surface area (Å²) >= 11 is 0. The second-order valence-electron chi connectivity index (χ2n) is 3.84. The molecule has 0 saturated heterocycles. The van der Waals surface area contributed by atoms with Gasteiger partial charge in [0.25, 0.3) is 0 Å². The fraction of sp³-hybridized carbons (Fsp3) is 0.455. The lowest BCUT2D eigenvalue weighted by Crippen LogP contribution is -2.07. The van der Waals surface area contributed by atoms with Crippen molar-refractivity contribution in [1.29, 1.82) is 0 Å². The Kier molecular flexibility index (Phi) is 1.98. The number of benzene rings is 1. The average Bonchev–Trinajstić information content (AvgIpc) is 2.46. The van der Waals surface area contributed by atoms with E-state index in [1.54, 1.807) is 0 Å². The Morgan fingerprint density at radius 3 is 2.92 bits per heavy atom. The van der Waals surface area contributed by atoms with Crippen molar-refractivity contribution >= 4 is 0 Å². The quantitative estimate of drug-likeness (QED) is 0.645. The van der Waals surface area contributed by atoms with Crippen LogP contribution in [-0.4, -0.2) is 6.61 Å². The van der Waals surface area contributed by atoms with E-state index >= 15 is 0 Å². The molecule has 2 rings (SSSR count). The van der Waals surface area contributed by atoms with Crippen LogP contribution in [0.4, 0.5) is 4.39 Å². The van der Waals surface area contributed by atoms with Crippen LogP contribution in [0.25, 0.3) is 0 Å². The normalized spacial score (nSPS) is 20.2. The SMILES string of the molecule is CC(C)C1COc2cc(F)ccc21. The number of halogens is 1. The Morgan fingerprint density at radius 2 is 2.23 bits per heavy atom. The molecule has 1 nitrogen and oxygen atoms in total. The highest BCUT2D eigenvalue weighted by molar-refractivity contribution is 5.40. The van der Waals surface area contributed by atoms with Crippen LogP contribution in [0.15, 0.2) is 18.2 Å². The number of ether oxygens (including phenoxy) is 1. The molecular formula is C11H13FO. The molecule has 0 bridgehead atoms. The highest BCUT2D eigenvalue weighted by atomic mass is 19.1. The largest absolute Gasteiger partial charge is 0.493 e. The predicted octanol–water partition coefficient (Wildman–Crippen LogP) is 2.96. The molecule has 13 heavy (non-hydrogen) atoms. The minimum atomic E-state index is -0.219. The Balaban J connectivity index is 2.38. The lowest BCUT2D eigenvalue weighted by molar-refractivity contribution is 0.303. The molecule has 0 N–H and O–H groups in total. The third kappa shape index (κ3) is 1.41. The van der Waals surface area contributed by atoms with Crippen molar-refractivity contribution in [1.82, 2.24) is 0 Å². The summed E-state index contributed by atoms with van der Waals surface area (Å²) in [6, 6.07) is 4.81. The number of hydrogen-bond donors (Lipinski definition) is 0. The van der Waals surface area contributed by atoms with Gasteiger partial charge in [-0.1, -0.05) is 19.9 Å². The molecule has 1 aromatic carbocycles. The third-order valence-electron chi connectivity index (χ3n) is 2.60. The van der Waals surface area contributed by atoms with Crippen LogP contribution < -0.4 is 4.74 Å². The molecule has 1 aromatic rings. The first kappa shape index (κ1) is 8.54. The molecule has 1 unspecified atom stereocenters. The van der Waals surface area contributed by atoms with Crippen molar-refractivity contribution in [3.63, 3.8) is 0 Å². The van der Waals surface area contributed by atoms with Crippen molar-refractivity contribution in [3.05, 3.63) is 29.6 Å². The molecule has 0 aliphatic carbocycles. The first-order valence-corrected chi connectivity index (χ1v) is 4.60. The van der Waals surface area contributed by atoms with Crippen molar-refractivity contribution in [2.24, 2.45) is 5.92 Å². The second kappa shape index (κ2) is 3.02. The molecule has 1 aliphatic rings. The molecule has 0 radical (unpaired) electrons. The molecular weight excluding hydrogens is 167 g/mol. The summed E-state index contributed by atoms with van der Waals surface area (Å²) in [5.74, 6) is 1.48. The van der Waals surface area contributed by atoms with E-state index in [1.165, 1.54) is 12.1 Å². The van der Waals surface area contributed by atoms with E-state index in [1.807, 2.05) is 6.07 Å². The molecule has 1 heterocycles. The fourth-order valence-electron chi connectivity index (χ4n) is 1.76. The smallest absolute Gasteiger partial charge is 0.126 e. The van der Waals surface area contributed by atoms with Crippen LogP contribution in [0.3, 0.4) is 0 Å². The van der Waals surface area contributed by atoms with Gasteiger partial charge in [0.15, 0.2) is 0 Å². The molecule has 0 spiro atoms. The van der Waals surface area contributed by atoms with Crippen LogP contribution in [0.1, 0.15) is 25.3 Å². The minimum Gasteiger partial charge on any atom is -0.493 e. The molecule has 2 heteroatoms. The highest BCUT2D eigenvalue weighted by Crippen LogP contribution is 2.38. The van der Waals surface area contributed by atoms with Crippen LogP contribution >= 0.6 is 0 Å². The van der Waals surface area contributed by atoms with Crippen LogP contribution in [0, 0.1) is 11.7 Å². The molecule has 1 atom stereocenters. The number of rotatable bonds is 1. The molecule has 0 aromatic heterocycles. The van der Waals surface area contributed by atoms with Crippen molar-refractivity contribution in [2.75, 3.05) is 6.61 Å². The molecule has 0 fully saturated rings. The van der Waals surface area contributed by atoms with E-state index in [0.29, 0.717) is 18.4 Å². The van der Waals surface area contributed by atoms with Gasteiger partial charge in [-0.15, -0.1) is 0 Å². The van der Waals surface area contributed by atoms with Gasteiger partial charge in [-0.3, -0.25) is 0 Å². The zero-order valence-electron chi connectivity index (χ0n) is 7.88. The van der Waals surface area contributed by atoms with Gasteiger partial charge >= 0.3 is 0 Å². The van der Waals surface area contributed by atoms with Gasteiger partial charge in [-0.25, -0.2) is 4.39 Å². The standard InChI is InChI=1S/C11H13FO/c1-7(2)10-6-13-11-5-8(12)3-4-9(10)11/h3-5,7,10H,6H2,1-2H3. The van der Waals surface area contributed by atoms with Crippen LogP contribution in [-0.2, 0) is 0 Å². The van der Waals surface area contributed by atoms with Gasteiger partial charge in [0.2, 0.25) is 0 Å². The summed E-state index contributed by atoms with van der Waals surface area (Å²) in [6.45, 7) is 5.01. The van der Waals surface area contributed by atoms with Crippen molar-refractivity contribution < 1.29 is 9.13 Å². The van der Waals surface area contributed by atoms with E-state index in [9.17, 15) is 4.39 Å². The van der Waals surface area contributed by atoms with Gasteiger partial charge < -0.3 is 4.74 Å². The molecule has 1 aliphatic heterocycles. The Morgan fingerprint density at radius 1 is 1.46 bits per heavy atom. The fourth-order valence-corrected chi connectivity index (χ4v) is 1.76. The zero-order valence-corrected chi connectivity index (χ0v) is 7.88. The van der Waals surface area contributed by atoms with E-state index in [2.05, 4.69) is 13.8 Å². The second-order valence-corrected chi connectivity index (χ2v) is 3.84. The van der Waals surface area contributed by atoms with Crippen LogP contribution in [0.2, 0.25) is 0 Å². The van der Waals surface area contributed by atoms with Crippen LogP contribution in [0.5, 0.6) is 5.75 Å². The maximum absolute atomic E-state index is 12.8. The van der Waals surface area contributed by atoms with Crippen molar-refractivity contribution in [2.45, 2.75) is 19.8 Å². The summed E-state index contributed by atoms with van der Waals surface area (Å²) in [5, 5.41) is 0. The molecule has 0 amide bonds. The third-order valence-corrected chi connectivity index (χ3v) is 2.60. The van der Waals surface area contributed by atoms with Gasteiger partial charge in [0, 0.05) is 17.5 Å². The van der Waals surface area contributed by atoms with Crippen molar-refractivity contribution in [3.8, 4) is 5.75 Å². The topological polar surface area (TPSA) is 9.23 Å². The number of hydrogen-bond acceptors (Lipinski definition) is 1. The first-order chi connectivity index (χ1) is 6.18. The van der Waals surface area contributed by atoms with E-state index in [-0.39, 0.29) is 5.82 Å². The maximum Gasteiger partial charge on any atom is 0.126 e. The maximum atomic E-state index is 12.8. The van der Waals surface area contributed by atoms with Gasteiger partial charge in [-0.05, 0) is 12.0 Å². The zero-order chi connectivity index (χ0) is 9.42. The molecule has 0 saturated carbocycles. The lowest BCUT2D eigenvalue weighted by atomic mass is 9.90. The Labute approximate surface area is 77.5 Å². The van der Waals surface area contributed by atoms with Gasteiger partial charge in [0.1, 0.15) is 11.6 Å². The Bertz CT molecular complexity index is 320. The number of fused-ring (bicyclic) bond motifs is 1. The monoisotopic (exact) mass is 180 g/mol.